The Morgan fingerprint density at radius 3 is 0.848 bits per heavy atom. The molecule has 0 bridgehead atoms. The lowest BCUT2D eigenvalue weighted by molar-refractivity contribution is -0.143. The number of carbonyl (C=O) groups excluding carboxylic acids is 2. The molecule has 0 rings (SSSR count). The van der Waals surface area contributed by atoms with E-state index >= 15 is 0 Å². The summed E-state index contributed by atoms with van der Waals surface area (Å²) in [6.45, 7) is 4.91. The van der Waals surface area contributed by atoms with E-state index in [0.717, 1.165) is 57.8 Å². The molecule has 0 aromatic rings. The van der Waals surface area contributed by atoms with Crippen molar-refractivity contribution in [3.63, 3.8) is 0 Å². The summed E-state index contributed by atoms with van der Waals surface area (Å²) < 4.78 is 5.49. The fourth-order valence-electron chi connectivity index (χ4n) is 12.9. The van der Waals surface area contributed by atoms with Crippen LogP contribution in [0.1, 0.15) is 450 Å². The summed E-state index contributed by atoms with van der Waals surface area (Å²) >= 11 is 0. The van der Waals surface area contributed by atoms with Crippen LogP contribution in [0.2, 0.25) is 0 Å². The van der Waals surface area contributed by atoms with Crippen molar-refractivity contribution in [2.75, 3.05) is 13.2 Å². The molecule has 0 radical (unpaired) electrons. The maximum Gasteiger partial charge on any atom is 0.305 e. The minimum atomic E-state index is -0.845. The van der Waals surface area contributed by atoms with Crippen LogP contribution in [-0.2, 0) is 14.3 Å². The summed E-state index contributed by atoms with van der Waals surface area (Å²) in [6.07, 6.45) is 109. The number of unbranched alkanes of at least 4 members (excludes halogenated alkanes) is 59. The number of aliphatic hydroxyl groups is 2. The van der Waals surface area contributed by atoms with Crippen molar-refractivity contribution in [2.24, 2.45) is 0 Å². The van der Waals surface area contributed by atoms with Crippen LogP contribution in [0.3, 0.4) is 0 Å². The first-order valence-electron chi connectivity index (χ1n) is 41.6. The van der Waals surface area contributed by atoms with E-state index in [2.05, 4.69) is 67.8 Å². The number of nitrogens with one attached hydrogen (secondary N) is 1. The molecule has 0 spiro atoms. The van der Waals surface area contributed by atoms with Gasteiger partial charge in [-0.1, -0.05) is 402 Å². The van der Waals surface area contributed by atoms with Crippen molar-refractivity contribution in [3.8, 4) is 0 Å². The molecular weight excluding hydrogens is 1130 g/mol. The molecule has 6 heteroatoms. The van der Waals surface area contributed by atoms with Gasteiger partial charge in [0, 0.05) is 12.8 Å². The Balaban J connectivity index is 3.39. The first-order chi connectivity index (χ1) is 45.5. The van der Waals surface area contributed by atoms with Gasteiger partial charge in [-0.05, 0) is 96.3 Å². The molecule has 0 aromatic carbocycles. The molecule has 6 nitrogen and oxygen atoms in total. The number of rotatable bonds is 78. The Kier molecular flexibility index (Phi) is 78.8. The van der Waals surface area contributed by atoms with E-state index in [0.29, 0.717) is 19.4 Å². The highest BCUT2D eigenvalue weighted by molar-refractivity contribution is 5.76. The molecular formula is C86H161NO5. The second-order valence-electron chi connectivity index (χ2n) is 28.4. The first-order valence-corrected chi connectivity index (χ1v) is 41.6. The van der Waals surface area contributed by atoms with E-state index in [-0.39, 0.29) is 18.5 Å². The Labute approximate surface area is 575 Å². The van der Waals surface area contributed by atoms with Gasteiger partial charge in [0.1, 0.15) is 0 Å². The summed E-state index contributed by atoms with van der Waals surface area (Å²) in [5.41, 5.74) is 0. The van der Waals surface area contributed by atoms with Crippen molar-refractivity contribution in [3.05, 3.63) is 60.8 Å². The van der Waals surface area contributed by atoms with Gasteiger partial charge in [-0.15, -0.1) is 0 Å². The van der Waals surface area contributed by atoms with E-state index in [1.54, 1.807) is 6.08 Å². The second kappa shape index (κ2) is 81.0. The highest BCUT2D eigenvalue weighted by Crippen LogP contribution is 2.20. The van der Waals surface area contributed by atoms with Crippen molar-refractivity contribution in [1.82, 2.24) is 5.32 Å². The monoisotopic (exact) mass is 1290 g/mol. The maximum atomic E-state index is 12.6. The van der Waals surface area contributed by atoms with Crippen molar-refractivity contribution in [2.45, 2.75) is 463 Å². The molecule has 0 aromatic heterocycles. The average Bonchev–Trinajstić information content (AvgIpc) is 3.62. The molecule has 0 saturated carbocycles. The number of ether oxygens (including phenoxy) is 1. The normalized spacial score (nSPS) is 12.8. The lowest BCUT2D eigenvalue weighted by atomic mass is 10.0. The van der Waals surface area contributed by atoms with Crippen LogP contribution in [0.5, 0.6) is 0 Å². The van der Waals surface area contributed by atoms with Crippen LogP contribution < -0.4 is 5.32 Å². The van der Waals surface area contributed by atoms with Crippen LogP contribution in [-0.4, -0.2) is 47.4 Å². The summed E-state index contributed by atoms with van der Waals surface area (Å²) in [7, 11) is 0. The van der Waals surface area contributed by atoms with Crippen LogP contribution in [0.25, 0.3) is 0 Å². The first kappa shape index (κ1) is 89.6. The summed E-state index contributed by atoms with van der Waals surface area (Å²) in [5, 5.41) is 23.3. The lowest BCUT2D eigenvalue weighted by Crippen LogP contribution is -2.45. The Morgan fingerprint density at radius 2 is 0.543 bits per heavy atom. The van der Waals surface area contributed by atoms with Gasteiger partial charge in [0.2, 0.25) is 5.91 Å². The molecule has 92 heavy (non-hydrogen) atoms. The van der Waals surface area contributed by atoms with Gasteiger partial charge in [0.25, 0.3) is 0 Å². The molecule has 0 saturated heterocycles. The second-order valence-corrected chi connectivity index (χ2v) is 28.4. The number of carbonyl (C=O) groups is 2. The van der Waals surface area contributed by atoms with E-state index < -0.39 is 12.1 Å². The third-order valence-electron chi connectivity index (χ3n) is 19.3. The fraction of sp³-hybridized carbons (Fsp3) is 0.860. The zero-order valence-electron chi connectivity index (χ0n) is 62.0. The number of hydrogen-bond donors (Lipinski definition) is 3. The van der Waals surface area contributed by atoms with Gasteiger partial charge in [0.05, 0.1) is 25.4 Å². The van der Waals surface area contributed by atoms with Crippen LogP contribution in [0, 0.1) is 0 Å². The zero-order valence-corrected chi connectivity index (χ0v) is 62.0. The molecule has 0 heterocycles. The number of hydrogen-bond acceptors (Lipinski definition) is 5. The van der Waals surface area contributed by atoms with E-state index in [9.17, 15) is 19.8 Å². The number of amides is 1. The van der Waals surface area contributed by atoms with Gasteiger partial charge < -0.3 is 20.3 Å². The molecule has 0 aliphatic carbocycles. The molecule has 3 N–H and O–H groups in total. The molecule has 0 aliphatic rings. The molecule has 1 amide bonds. The Bertz CT molecular complexity index is 1580. The minimum absolute atomic E-state index is 0.00477. The molecule has 0 aliphatic heterocycles. The lowest BCUT2D eigenvalue weighted by Gasteiger charge is -2.20. The van der Waals surface area contributed by atoms with Crippen LogP contribution in [0.4, 0.5) is 0 Å². The fourth-order valence-corrected chi connectivity index (χ4v) is 12.9. The largest absolute Gasteiger partial charge is 0.466 e. The van der Waals surface area contributed by atoms with Crippen molar-refractivity contribution >= 4 is 11.9 Å². The van der Waals surface area contributed by atoms with E-state index in [1.807, 2.05) is 6.08 Å². The van der Waals surface area contributed by atoms with Crippen LogP contribution in [0.15, 0.2) is 60.8 Å². The van der Waals surface area contributed by atoms with Crippen molar-refractivity contribution in [1.29, 1.82) is 0 Å². The highest BCUT2D eigenvalue weighted by Gasteiger charge is 2.18. The SMILES string of the molecule is CCCCC/C=C\C/C=C\CCCCCCCC(=O)OCCCCCCCCCCCCCCC/C=C\C/C=C\CCCCCCCCCCCCCCCCCCCC(=O)NC(CO)C(O)/C=C/CCCCCCCCCCCCCCCCCCCCCCC. The average molecular weight is 1290 g/mol. The molecule has 2 atom stereocenters. The molecule has 2 unspecified atom stereocenters. The number of allylic oxidation sites excluding steroid dienone is 9. The predicted molar refractivity (Wildman–Crippen MR) is 407 cm³/mol. The third kappa shape index (κ3) is 76.6. The van der Waals surface area contributed by atoms with Crippen molar-refractivity contribution < 1.29 is 24.5 Å². The number of aliphatic hydroxyl groups excluding tert-OH is 2. The predicted octanol–water partition coefficient (Wildman–Crippen LogP) is 27.7. The van der Waals surface area contributed by atoms with Gasteiger partial charge >= 0.3 is 5.97 Å². The third-order valence-corrected chi connectivity index (χ3v) is 19.3. The molecule has 540 valence electrons. The summed E-state index contributed by atoms with van der Waals surface area (Å²) in [4.78, 5) is 24.6. The topological polar surface area (TPSA) is 95.9 Å². The zero-order chi connectivity index (χ0) is 66.3. The summed E-state index contributed by atoms with van der Waals surface area (Å²) in [5.74, 6) is -0.0561. The van der Waals surface area contributed by atoms with E-state index in [1.165, 1.54) is 366 Å². The van der Waals surface area contributed by atoms with E-state index in [4.69, 9.17) is 4.74 Å². The molecule has 0 fully saturated rings. The Morgan fingerprint density at radius 1 is 0.304 bits per heavy atom. The van der Waals surface area contributed by atoms with Gasteiger partial charge in [0.15, 0.2) is 0 Å². The number of esters is 1. The standard InChI is InChI=1S/C86H161NO5/c1-3-5-7-9-11-13-15-17-19-20-21-22-38-41-44-47-51-54-58-62-66-70-74-78-84(89)83(82-88)87-85(90)79-75-71-67-63-59-55-52-48-45-42-39-36-34-32-30-28-26-24-23-25-27-29-31-33-35-37-40-43-46-49-53-57-61-65-69-73-77-81-92-86(91)80-76-72-68-64-60-56-50-18-16-14-12-10-8-6-4-2/h12,14,18,23,25,29,31,50,74,78,83-84,88-89H,3-11,13,15-17,19-22,24,26-28,30,32-49,51-73,75-77,79-82H2,1-2H3,(H,87,90)/b14-12-,25-23-,31-29-,50-18-,78-74+. The van der Waals surface area contributed by atoms with Crippen LogP contribution >= 0.6 is 0 Å². The smallest absolute Gasteiger partial charge is 0.305 e. The maximum absolute atomic E-state index is 12.6. The summed E-state index contributed by atoms with van der Waals surface area (Å²) in [6, 6.07) is -0.628. The minimum Gasteiger partial charge on any atom is -0.466 e. The van der Waals surface area contributed by atoms with Gasteiger partial charge in [-0.3, -0.25) is 9.59 Å². The highest BCUT2D eigenvalue weighted by atomic mass is 16.5. The van der Waals surface area contributed by atoms with Gasteiger partial charge in [-0.25, -0.2) is 0 Å². The quantitative estimate of drug-likeness (QED) is 0.0320. The Hall–Kier alpha value is -2.44. The van der Waals surface area contributed by atoms with Gasteiger partial charge in [-0.2, -0.15) is 0 Å².